The normalized spacial score (nSPS) is 14.1. The number of hydrogen-bond acceptors (Lipinski definition) is 7. The number of nitrogens with one attached hydrogen (secondary N) is 1. The number of benzene rings is 2. The van der Waals surface area contributed by atoms with E-state index in [1.54, 1.807) is 29.3 Å². The predicted octanol–water partition coefficient (Wildman–Crippen LogP) is 5.63. The molecule has 1 aliphatic heterocycles. The number of amides is 2. The van der Waals surface area contributed by atoms with E-state index in [4.69, 9.17) is 33.9 Å². The number of nitrogen functional groups attached to an aromatic ring is 1. The maximum atomic E-state index is 12.9. The fourth-order valence-corrected chi connectivity index (χ4v) is 4.84. The van der Waals surface area contributed by atoms with E-state index in [9.17, 15) is 4.79 Å². The predicted molar refractivity (Wildman–Crippen MR) is 153 cm³/mol. The molecule has 4 aromatic rings. The van der Waals surface area contributed by atoms with Gasteiger partial charge in [-0.3, -0.25) is 0 Å². The number of rotatable bonds is 3. The van der Waals surface area contributed by atoms with E-state index in [-0.39, 0.29) is 17.4 Å². The van der Waals surface area contributed by atoms with Gasteiger partial charge in [0.2, 0.25) is 5.95 Å². The number of anilines is 3. The van der Waals surface area contributed by atoms with E-state index < -0.39 is 0 Å². The number of nitrogens with zero attached hydrogens (tertiary/aromatic N) is 6. The summed E-state index contributed by atoms with van der Waals surface area (Å²) in [6.45, 7) is 8.60. The first-order valence-corrected chi connectivity index (χ1v) is 13.0. The molecule has 0 unspecified atom stereocenters. The summed E-state index contributed by atoms with van der Waals surface area (Å²) in [5, 5.41) is 4.00. The van der Waals surface area contributed by atoms with Crippen LogP contribution < -0.4 is 16.0 Å². The van der Waals surface area contributed by atoms with E-state index in [2.05, 4.69) is 41.0 Å². The molecule has 2 aromatic heterocycles. The molecule has 0 spiro atoms. The Morgan fingerprint density at radius 3 is 2.34 bits per heavy atom. The summed E-state index contributed by atoms with van der Waals surface area (Å²) >= 11 is 12.5. The van der Waals surface area contributed by atoms with Crippen LogP contribution in [-0.2, 0) is 5.41 Å². The number of carbonyl (C=O) groups excluding carboxylic acids is 1. The van der Waals surface area contributed by atoms with Crippen molar-refractivity contribution in [2.75, 3.05) is 42.1 Å². The van der Waals surface area contributed by atoms with Crippen molar-refractivity contribution in [3.8, 4) is 11.3 Å². The zero-order valence-corrected chi connectivity index (χ0v) is 22.9. The molecule has 0 bridgehead atoms. The molecular weight excluding hydrogens is 523 g/mol. The molecule has 3 N–H and O–H groups in total. The maximum Gasteiger partial charge on any atom is 0.321 e. The molecule has 11 heteroatoms. The van der Waals surface area contributed by atoms with Crippen molar-refractivity contribution in [3.63, 3.8) is 0 Å². The van der Waals surface area contributed by atoms with E-state index in [0.717, 1.165) is 5.69 Å². The quantitative estimate of drug-likeness (QED) is 0.340. The lowest BCUT2D eigenvalue weighted by Gasteiger charge is -2.35. The van der Waals surface area contributed by atoms with Gasteiger partial charge in [0, 0.05) is 42.5 Å². The van der Waals surface area contributed by atoms with E-state index in [0.29, 0.717) is 64.5 Å². The van der Waals surface area contributed by atoms with Crippen LogP contribution in [0, 0.1) is 0 Å². The molecule has 0 atom stereocenters. The van der Waals surface area contributed by atoms with Crippen molar-refractivity contribution in [1.82, 2.24) is 24.8 Å². The number of aromatic nitrogens is 4. The number of nitrogens with two attached hydrogens (primary N) is 1. The number of hydrogen-bond donors (Lipinski definition) is 2. The van der Waals surface area contributed by atoms with E-state index in [1.807, 2.05) is 29.2 Å². The molecule has 5 rings (SSSR count). The van der Waals surface area contributed by atoms with E-state index >= 15 is 0 Å². The van der Waals surface area contributed by atoms with Gasteiger partial charge in [-0.15, -0.1) is 0 Å². The van der Waals surface area contributed by atoms with Crippen LogP contribution in [0.15, 0.2) is 48.7 Å². The van der Waals surface area contributed by atoms with Crippen LogP contribution in [0.3, 0.4) is 0 Å². The zero-order chi connectivity index (χ0) is 27.0. The van der Waals surface area contributed by atoms with Crippen LogP contribution in [0.25, 0.3) is 22.4 Å². The number of fused-ring (bicyclic) bond motifs is 1. The summed E-state index contributed by atoms with van der Waals surface area (Å²) in [6, 6.07) is 13.0. The Morgan fingerprint density at radius 1 is 0.974 bits per heavy atom. The third-order valence-corrected chi connectivity index (χ3v) is 7.03. The minimum Gasteiger partial charge on any atom is -0.368 e. The molecule has 38 heavy (non-hydrogen) atoms. The molecule has 1 saturated heterocycles. The Bertz CT molecular complexity index is 1500. The molecule has 3 heterocycles. The van der Waals surface area contributed by atoms with Gasteiger partial charge >= 0.3 is 6.03 Å². The van der Waals surface area contributed by atoms with Crippen molar-refractivity contribution in [1.29, 1.82) is 0 Å². The summed E-state index contributed by atoms with van der Waals surface area (Å²) < 4.78 is 0. The van der Waals surface area contributed by atoms with Crippen molar-refractivity contribution < 1.29 is 4.79 Å². The summed E-state index contributed by atoms with van der Waals surface area (Å²) in [4.78, 5) is 34.7. The van der Waals surface area contributed by atoms with Gasteiger partial charge in [0.05, 0.1) is 16.9 Å². The third kappa shape index (κ3) is 5.44. The van der Waals surface area contributed by atoms with Crippen LogP contribution in [0.5, 0.6) is 0 Å². The molecule has 196 valence electrons. The van der Waals surface area contributed by atoms with Crippen LogP contribution in [-0.4, -0.2) is 57.0 Å². The largest absolute Gasteiger partial charge is 0.368 e. The van der Waals surface area contributed by atoms with Crippen LogP contribution in [0.4, 0.5) is 22.2 Å². The van der Waals surface area contributed by atoms with Crippen LogP contribution >= 0.6 is 23.2 Å². The summed E-state index contributed by atoms with van der Waals surface area (Å²) in [5.74, 6) is 0.683. The smallest absolute Gasteiger partial charge is 0.321 e. The molecular formula is C27H28Cl2N8O. The number of piperazine rings is 1. The van der Waals surface area contributed by atoms with Crippen LogP contribution in [0.1, 0.15) is 26.3 Å². The Hall–Kier alpha value is -3.69. The van der Waals surface area contributed by atoms with Gasteiger partial charge in [0.25, 0.3) is 0 Å². The standard InChI is InChI=1S/C27H28Cl2N8O/c1-27(2,3)16-4-7-18(8-5-16)32-26(38)37-12-10-36(11-13-37)24-22-23(34-25(30)35-24)31-15-21(33-22)19-9-6-17(28)14-20(19)29/h4-9,14-15H,10-13H2,1-3H3,(H,32,38)(H2,30,31,34,35). The minimum absolute atomic E-state index is 0.0552. The lowest BCUT2D eigenvalue weighted by molar-refractivity contribution is 0.208. The van der Waals surface area contributed by atoms with Crippen molar-refractivity contribution in [2.24, 2.45) is 0 Å². The van der Waals surface area contributed by atoms with Gasteiger partial charge in [-0.2, -0.15) is 9.97 Å². The maximum absolute atomic E-state index is 12.9. The molecule has 0 radical (unpaired) electrons. The highest BCUT2D eigenvalue weighted by molar-refractivity contribution is 6.36. The first-order chi connectivity index (χ1) is 18.1. The monoisotopic (exact) mass is 550 g/mol. The molecule has 2 amide bonds. The summed E-state index contributed by atoms with van der Waals surface area (Å²) in [5.41, 5.74) is 10.2. The Labute approximate surface area is 231 Å². The average molecular weight is 551 g/mol. The van der Waals surface area contributed by atoms with Gasteiger partial charge in [-0.1, -0.05) is 56.1 Å². The van der Waals surface area contributed by atoms with Gasteiger partial charge in [-0.05, 0) is 41.3 Å². The average Bonchev–Trinajstić information content (AvgIpc) is 2.88. The highest BCUT2D eigenvalue weighted by atomic mass is 35.5. The molecule has 2 aromatic carbocycles. The highest BCUT2D eigenvalue weighted by Crippen LogP contribution is 2.31. The Balaban J connectivity index is 1.32. The molecule has 9 nitrogen and oxygen atoms in total. The number of halogens is 2. The van der Waals surface area contributed by atoms with Crippen molar-refractivity contribution >= 4 is 57.9 Å². The first kappa shape index (κ1) is 25.9. The fraction of sp³-hybridized carbons (Fsp3) is 0.296. The lowest BCUT2D eigenvalue weighted by atomic mass is 9.87. The summed E-state index contributed by atoms with van der Waals surface area (Å²) in [7, 11) is 0. The SMILES string of the molecule is CC(C)(C)c1ccc(NC(=O)N2CCN(c3nc(N)nc4ncc(-c5ccc(Cl)cc5Cl)nc34)CC2)cc1. The molecule has 0 saturated carbocycles. The Morgan fingerprint density at radius 2 is 1.68 bits per heavy atom. The number of carbonyl (C=O) groups is 1. The first-order valence-electron chi connectivity index (χ1n) is 12.3. The molecule has 1 fully saturated rings. The summed E-state index contributed by atoms with van der Waals surface area (Å²) in [6.07, 6.45) is 1.60. The Kier molecular flexibility index (Phi) is 6.98. The van der Waals surface area contributed by atoms with Crippen molar-refractivity contribution in [3.05, 3.63) is 64.3 Å². The number of urea groups is 1. The second-order valence-electron chi connectivity index (χ2n) is 10.2. The van der Waals surface area contributed by atoms with Gasteiger partial charge in [0.1, 0.15) is 0 Å². The topological polar surface area (TPSA) is 113 Å². The van der Waals surface area contributed by atoms with Gasteiger partial charge < -0.3 is 20.9 Å². The van der Waals surface area contributed by atoms with Gasteiger partial charge in [-0.25, -0.2) is 14.8 Å². The minimum atomic E-state index is -0.139. The second-order valence-corrected chi connectivity index (χ2v) is 11.0. The van der Waals surface area contributed by atoms with Crippen LogP contribution in [0.2, 0.25) is 10.0 Å². The fourth-order valence-electron chi connectivity index (χ4n) is 4.33. The van der Waals surface area contributed by atoms with Gasteiger partial charge in [0.15, 0.2) is 17.0 Å². The zero-order valence-electron chi connectivity index (χ0n) is 21.4. The third-order valence-electron chi connectivity index (χ3n) is 6.48. The highest BCUT2D eigenvalue weighted by Gasteiger charge is 2.25. The van der Waals surface area contributed by atoms with Crippen molar-refractivity contribution in [2.45, 2.75) is 26.2 Å². The van der Waals surface area contributed by atoms with E-state index in [1.165, 1.54) is 5.56 Å². The lowest BCUT2D eigenvalue weighted by Crippen LogP contribution is -2.50. The molecule has 1 aliphatic rings. The second kappa shape index (κ2) is 10.2. The molecule has 0 aliphatic carbocycles.